The quantitative estimate of drug-likeness (QED) is 0.226. The maximum Gasteiger partial charge on any atom is 0.341 e. The van der Waals surface area contributed by atoms with Crippen molar-refractivity contribution in [3.63, 3.8) is 0 Å². The van der Waals surface area contributed by atoms with Crippen LogP contribution in [0.25, 0.3) is 0 Å². The van der Waals surface area contributed by atoms with Gasteiger partial charge in [-0.15, -0.1) is 0 Å². The maximum absolute atomic E-state index is 13.2. The van der Waals surface area contributed by atoms with Crippen LogP contribution in [0.1, 0.15) is 61.8 Å². The minimum Gasteiger partial charge on any atom is -0.463 e. The molecule has 1 saturated heterocycles. The number of hydrogen-bond acceptors (Lipinski definition) is 6. The summed E-state index contributed by atoms with van der Waals surface area (Å²) in [6, 6.07) is 0. The fourth-order valence-electron chi connectivity index (χ4n) is 3.60. The van der Waals surface area contributed by atoms with Crippen LogP contribution >= 0.6 is 0 Å². The van der Waals surface area contributed by atoms with Crippen molar-refractivity contribution in [2.45, 2.75) is 91.8 Å². The first-order valence-corrected chi connectivity index (χ1v) is 14.5. The third-order valence-electron chi connectivity index (χ3n) is 6.77. The van der Waals surface area contributed by atoms with Crippen LogP contribution in [0.4, 0.5) is 0 Å². The highest BCUT2D eigenvalue weighted by Gasteiger charge is 2.58. The number of rotatable bonds is 6. The average Bonchev–Trinajstić information content (AvgIpc) is 2.98. The van der Waals surface area contributed by atoms with E-state index in [0.29, 0.717) is 25.2 Å². The SMILES string of the molecule is CCOC(=O)/C(C)=C/[C@@H]1C=C[C@H](CO[Si](C)(C)C(C)(C)C)C[C@]12O[C@@H](C(C)(C)C)OC2=O. The Kier molecular flexibility index (Phi) is 7.90. The monoisotopic (exact) mass is 466 g/mol. The minimum atomic E-state index is -1.93. The number of esters is 2. The zero-order valence-electron chi connectivity index (χ0n) is 21.5. The number of carbonyl (C=O) groups is 2. The lowest BCUT2D eigenvalue weighted by atomic mass is 9.74. The van der Waals surface area contributed by atoms with Crippen LogP contribution in [-0.2, 0) is 28.2 Å². The second-order valence-electron chi connectivity index (χ2n) is 11.6. The standard InChI is InChI=1S/C25H42O6Si/c1-11-28-20(26)17(2)14-19-13-12-18(16-29-32(9,10)24(6,7)8)15-25(19)21(27)30-22(31-25)23(3,4)5/h12-14,18-19,22H,11,15-16H2,1-10H3/b17-14+/t18-,19-,22-,25-/m0/s1. The Hall–Kier alpha value is -1.44. The highest BCUT2D eigenvalue weighted by Crippen LogP contribution is 2.46. The van der Waals surface area contributed by atoms with Gasteiger partial charge in [-0.1, -0.05) is 59.8 Å². The Balaban J connectivity index is 2.35. The molecule has 1 aliphatic carbocycles. The van der Waals surface area contributed by atoms with Crippen LogP contribution in [0.5, 0.6) is 0 Å². The summed E-state index contributed by atoms with van der Waals surface area (Å²) in [5, 5.41) is 0.102. The van der Waals surface area contributed by atoms with Crippen LogP contribution in [-0.4, -0.2) is 45.4 Å². The molecule has 0 aromatic rings. The molecule has 0 N–H and O–H groups in total. The second-order valence-corrected chi connectivity index (χ2v) is 16.4. The summed E-state index contributed by atoms with van der Waals surface area (Å²) in [5.74, 6) is -1.17. The molecule has 182 valence electrons. The van der Waals surface area contributed by atoms with E-state index in [1.54, 1.807) is 19.9 Å². The average molecular weight is 467 g/mol. The van der Waals surface area contributed by atoms with E-state index in [1.165, 1.54) is 0 Å². The molecule has 1 heterocycles. The molecular weight excluding hydrogens is 424 g/mol. The number of hydrogen-bond donors (Lipinski definition) is 0. The number of ether oxygens (including phenoxy) is 3. The summed E-state index contributed by atoms with van der Waals surface area (Å²) in [4.78, 5) is 25.5. The Morgan fingerprint density at radius 3 is 2.34 bits per heavy atom. The zero-order chi connectivity index (χ0) is 24.5. The van der Waals surface area contributed by atoms with Gasteiger partial charge in [0.1, 0.15) is 0 Å². The van der Waals surface area contributed by atoms with Gasteiger partial charge in [-0.2, -0.15) is 0 Å². The van der Waals surface area contributed by atoms with Gasteiger partial charge in [-0.3, -0.25) is 0 Å². The molecule has 0 saturated carbocycles. The van der Waals surface area contributed by atoms with Crippen molar-refractivity contribution >= 4 is 20.3 Å². The molecule has 2 aliphatic rings. The summed E-state index contributed by atoms with van der Waals surface area (Å²) >= 11 is 0. The lowest BCUT2D eigenvalue weighted by molar-refractivity contribution is -0.159. The van der Waals surface area contributed by atoms with E-state index < -0.39 is 32.1 Å². The third kappa shape index (κ3) is 5.72. The maximum atomic E-state index is 13.2. The first-order valence-electron chi connectivity index (χ1n) is 11.6. The van der Waals surface area contributed by atoms with E-state index in [0.717, 1.165) is 0 Å². The van der Waals surface area contributed by atoms with Gasteiger partial charge in [0.15, 0.2) is 13.9 Å². The zero-order valence-corrected chi connectivity index (χ0v) is 22.5. The van der Waals surface area contributed by atoms with E-state index in [2.05, 4.69) is 39.9 Å². The molecule has 0 aromatic heterocycles. The molecule has 6 nitrogen and oxygen atoms in total. The van der Waals surface area contributed by atoms with E-state index in [1.807, 2.05) is 26.8 Å². The van der Waals surface area contributed by atoms with Gasteiger partial charge in [-0.25, -0.2) is 9.59 Å². The summed E-state index contributed by atoms with van der Waals surface area (Å²) in [5.41, 5.74) is -1.09. The van der Waals surface area contributed by atoms with E-state index in [-0.39, 0.29) is 22.3 Å². The molecule has 0 bridgehead atoms. The summed E-state index contributed by atoms with van der Waals surface area (Å²) in [6.07, 6.45) is 5.60. The first kappa shape index (κ1) is 26.8. The summed E-state index contributed by atoms with van der Waals surface area (Å²) < 4.78 is 23.7. The molecule has 0 amide bonds. The Morgan fingerprint density at radius 2 is 1.84 bits per heavy atom. The normalized spacial score (nSPS) is 29.4. The van der Waals surface area contributed by atoms with Crippen molar-refractivity contribution in [1.82, 2.24) is 0 Å². The van der Waals surface area contributed by atoms with E-state index >= 15 is 0 Å². The molecule has 32 heavy (non-hydrogen) atoms. The molecule has 2 rings (SSSR count). The largest absolute Gasteiger partial charge is 0.463 e. The fraction of sp³-hybridized carbons (Fsp3) is 0.760. The van der Waals surface area contributed by atoms with Crippen molar-refractivity contribution in [2.24, 2.45) is 17.3 Å². The summed E-state index contributed by atoms with van der Waals surface area (Å²) in [6.45, 7) is 21.3. The Bertz CT molecular complexity index is 770. The van der Waals surface area contributed by atoms with Crippen LogP contribution in [0.3, 0.4) is 0 Å². The van der Waals surface area contributed by atoms with Gasteiger partial charge in [-0.05, 0) is 38.4 Å². The molecule has 1 fully saturated rings. The molecule has 4 atom stereocenters. The van der Waals surface area contributed by atoms with E-state index in [9.17, 15) is 9.59 Å². The van der Waals surface area contributed by atoms with Crippen molar-refractivity contribution < 1.29 is 28.2 Å². The van der Waals surface area contributed by atoms with Gasteiger partial charge >= 0.3 is 11.9 Å². The Morgan fingerprint density at radius 1 is 1.22 bits per heavy atom. The molecule has 0 radical (unpaired) electrons. The molecule has 0 unspecified atom stereocenters. The van der Waals surface area contributed by atoms with Crippen molar-refractivity contribution in [2.75, 3.05) is 13.2 Å². The predicted octanol–water partition coefficient (Wildman–Crippen LogP) is 5.39. The molecular formula is C25H42O6Si. The molecule has 0 aromatic carbocycles. The Labute approximate surface area is 194 Å². The highest BCUT2D eigenvalue weighted by molar-refractivity contribution is 6.74. The van der Waals surface area contributed by atoms with Gasteiger partial charge in [0.05, 0.1) is 6.61 Å². The smallest absolute Gasteiger partial charge is 0.341 e. The fourth-order valence-corrected chi connectivity index (χ4v) is 4.67. The summed E-state index contributed by atoms with van der Waals surface area (Å²) in [7, 11) is -1.93. The lowest BCUT2D eigenvalue weighted by Gasteiger charge is -2.40. The second kappa shape index (κ2) is 9.43. The van der Waals surface area contributed by atoms with Gasteiger partial charge < -0.3 is 18.6 Å². The van der Waals surface area contributed by atoms with Crippen LogP contribution in [0, 0.1) is 17.3 Å². The lowest BCUT2D eigenvalue weighted by Crippen LogP contribution is -2.49. The minimum absolute atomic E-state index is 0.0166. The predicted molar refractivity (Wildman–Crippen MR) is 127 cm³/mol. The molecule has 1 spiro atoms. The number of carbonyl (C=O) groups excluding carboxylic acids is 2. The van der Waals surface area contributed by atoms with Crippen LogP contribution in [0.2, 0.25) is 18.1 Å². The third-order valence-corrected chi connectivity index (χ3v) is 11.3. The van der Waals surface area contributed by atoms with Crippen molar-refractivity contribution in [3.8, 4) is 0 Å². The molecule has 7 heteroatoms. The van der Waals surface area contributed by atoms with Crippen LogP contribution < -0.4 is 0 Å². The van der Waals surface area contributed by atoms with E-state index in [4.69, 9.17) is 18.6 Å². The van der Waals surface area contributed by atoms with Gasteiger partial charge in [0.2, 0.25) is 6.29 Å². The highest BCUT2D eigenvalue weighted by atomic mass is 28.4. The van der Waals surface area contributed by atoms with Crippen molar-refractivity contribution in [1.29, 1.82) is 0 Å². The van der Waals surface area contributed by atoms with Gasteiger partial charge in [0.25, 0.3) is 0 Å². The number of cyclic esters (lactones) is 1. The van der Waals surface area contributed by atoms with Crippen LogP contribution in [0.15, 0.2) is 23.8 Å². The van der Waals surface area contributed by atoms with Gasteiger partial charge in [0, 0.05) is 29.4 Å². The topological polar surface area (TPSA) is 71.1 Å². The van der Waals surface area contributed by atoms with Crippen molar-refractivity contribution in [3.05, 3.63) is 23.8 Å². The molecule has 1 aliphatic heterocycles. The first-order chi connectivity index (χ1) is 14.5.